The third-order valence-electron chi connectivity index (χ3n) is 6.99. The van der Waals surface area contributed by atoms with E-state index in [1.54, 1.807) is 7.05 Å². The van der Waals surface area contributed by atoms with E-state index in [0.29, 0.717) is 18.4 Å². The zero-order valence-corrected chi connectivity index (χ0v) is 20.3. The summed E-state index contributed by atoms with van der Waals surface area (Å²) in [7, 11) is 3.96. The number of piperidine rings is 1. The summed E-state index contributed by atoms with van der Waals surface area (Å²) in [5, 5.41) is 4.35. The molecule has 2 atom stereocenters. The van der Waals surface area contributed by atoms with Crippen LogP contribution in [0.4, 0.5) is 0 Å². The maximum absolute atomic E-state index is 12.7. The number of pyridine rings is 1. The Hall–Kier alpha value is -2.35. The van der Waals surface area contributed by atoms with Gasteiger partial charge >= 0.3 is 0 Å². The minimum atomic E-state index is 0.137. The zero-order chi connectivity index (χ0) is 23.2. The smallest absolute Gasteiger partial charge is 0.234 e. The van der Waals surface area contributed by atoms with Crippen molar-refractivity contribution >= 4 is 23.0 Å². The lowest BCUT2D eigenvalue weighted by Crippen LogP contribution is -2.48. The van der Waals surface area contributed by atoms with Crippen LogP contribution in [-0.2, 0) is 4.79 Å². The summed E-state index contributed by atoms with van der Waals surface area (Å²) in [6, 6.07) is 8.54. The number of likely N-dealkylation sites (tertiary alicyclic amines) is 1. The van der Waals surface area contributed by atoms with E-state index in [1.165, 1.54) is 10.9 Å². The summed E-state index contributed by atoms with van der Waals surface area (Å²) < 4.78 is 0. The van der Waals surface area contributed by atoms with Crippen LogP contribution in [0.3, 0.4) is 0 Å². The number of fused-ring (bicyclic) bond motifs is 1. The van der Waals surface area contributed by atoms with E-state index in [0.717, 1.165) is 69.9 Å². The molecule has 0 spiro atoms. The SMILES string of the molecule is C/N=C/c1ccc([C@H]2C[C@@H](C)CN(CC(=O)NCCN3CCN(C)CC3)C2)c2cccnc12. The number of likely N-dealkylation sites (N-methyl/N-ethyl adjacent to an activating group) is 1. The number of aliphatic imine (C=N–C) groups is 1. The normalized spacial score (nSPS) is 23.4. The third-order valence-corrected chi connectivity index (χ3v) is 6.99. The minimum Gasteiger partial charge on any atom is -0.354 e. The molecule has 0 saturated carbocycles. The van der Waals surface area contributed by atoms with Crippen LogP contribution in [0.1, 0.15) is 30.4 Å². The second-order valence-corrected chi connectivity index (χ2v) is 9.76. The van der Waals surface area contributed by atoms with Gasteiger partial charge in [0.1, 0.15) is 0 Å². The Morgan fingerprint density at radius 1 is 1.18 bits per heavy atom. The van der Waals surface area contributed by atoms with E-state index in [9.17, 15) is 4.79 Å². The average Bonchev–Trinajstić information content (AvgIpc) is 2.80. The third kappa shape index (κ3) is 6.16. The standard InChI is InChI=1S/C26H38N6O/c1-20-15-22(23-7-6-21(16-27-2)26-24(23)5-4-8-29-26)18-32(17-20)19-25(33)28-9-10-31-13-11-30(3)12-14-31/h4-8,16,20,22H,9-15,17-19H2,1-3H3,(H,28,33)/b27-16+/t20-,22+/m1/s1. The monoisotopic (exact) mass is 450 g/mol. The van der Waals surface area contributed by atoms with E-state index in [1.807, 2.05) is 18.5 Å². The van der Waals surface area contributed by atoms with Crippen molar-refractivity contribution in [2.45, 2.75) is 19.3 Å². The number of hydrogen-bond acceptors (Lipinski definition) is 6. The Bertz CT molecular complexity index is 968. The first kappa shape index (κ1) is 23.8. The summed E-state index contributed by atoms with van der Waals surface area (Å²) in [5.74, 6) is 1.08. The van der Waals surface area contributed by atoms with Crippen LogP contribution >= 0.6 is 0 Å². The van der Waals surface area contributed by atoms with Gasteiger partial charge in [0.05, 0.1) is 12.1 Å². The fraction of sp³-hybridized carbons (Fsp3) is 0.577. The van der Waals surface area contributed by atoms with Crippen LogP contribution in [0.2, 0.25) is 0 Å². The molecule has 2 aliphatic rings. The molecular formula is C26H38N6O. The van der Waals surface area contributed by atoms with Crippen LogP contribution in [0, 0.1) is 5.92 Å². The molecule has 3 heterocycles. The molecule has 0 bridgehead atoms. The molecule has 1 aromatic heterocycles. The van der Waals surface area contributed by atoms with Gasteiger partial charge in [0.25, 0.3) is 0 Å². The first-order chi connectivity index (χ1) is 16.0. The van der Waals surface area contributed by atoms with Crippen LogP contribution in [-0.4, -0.2) is 105 Å². The Morgan fingerprint density at radius 2 is 2.00 bits per heavy atom. The van der Waals surface area contributed by atoms with Crippen molar-refractivity contribution in [3.8, 4) is 0 Å². The summed E-state index contributed by atoms with van der Waals surface area (Å²) in [4.78, 5) is 28.6. The number of aromatic nitrogens is 1. The molecule has 2 saturated heterocycles. The summed E-state index contributed by atoms with van der Waals surface area (Å²) >= 11 is 0. The van der Waals surface area contributed by atoms with Crippen LogP contribution in [0.25, 0.3) is 10.9 Å². The Labute approximate surface area is 197 Å². The summed E-state index contributed by atoms with van der Waals surface area (Å²) in [6.07, 6.45) is 4.86. The molecule has 1 aromatic carbocycles. The largest absolute Gasteiger partial charge is 0.354 e. The van der Waals surface area contributed by atoms with Crippen molar-refractivity contribution in [3.63, 3.8) is 0 Å². The molecule has 1 N–H and O–H groups in total. The number of benzene rings is 1. The number of amides is 1. The molecule has 0 radical (unpaired) electrons. The van der Waals surface area contributed by atoms with Gasteiger partial charge in [-0.1, -0.05) is 25.1 Å². The number of carbonyl (C=O) groups is 1. The molecule has 178 valence electrons. The van der Waals surface area contributed by atoms with Gasteiger partial charge < -0.3 is 10.2 Å². The van der Waals surface area contributed by atoms with Crippen LogP contribution in [0.5, 0.6) is 0 Å². The second-order valence-electron chi connectivity index (χ2n) is 9.76. The van der Waals surface area contributed by atoms with Gasteiger partial charge in [-0.25, -0.2) is 0 Å². The number of piperazine rings is 1. The summed E-state index contributed by atoms with van der Waals surface area (Å²) in [6.45, 7) is 10.7. The Morgan fingerprint density at radius 3 is 2.79 bits per heavy atom. The van der Waals surface area contributed by atoms with E-state index in [4.69, 9.17) is 0 Å². The number of nitrogens with one attached hydrogen (secondary N) is 1. The van der Waals surface area contributed by atoms with Crippen LogP contribution < -0.4 is 5.32 Å². The highest BCUT2D eigenvalue weighted by Gasteiger charge is 2.28. The molecule has 0 aliphatic carbocycles. The average molecular weight is 451 g/mol. The topological polar surface area (TPSA) is 64.1 Å². The van der Waals surface area contributed by atoms with E-state index in [-0.39, 0.29) is 5.91 Å². The van der Waals surface area contributed by atoms with Gasteiger partial charge in [-0.3, -0.25) is 24.6 Å². The van der Waals surface area contributed by atoms with Crippen molar-refractivity contribution in [2.75, 3.05) is 73.0 Å². The number of hydrogen-bond donors (Lipinski definition) is 1. The molecular weight excluding hydrogens is 412 g/mol. The first-order valence-corrected chi connectivity index (χ1v) is 12.2. The van der Waals surface area contributed by atoms with Crippen LogP contribution in [0.15, 0.2) is 35.5 Å². The van der Waals surface area contributed by atoms with Crippen molar-refractivity contribution in [1.29, 1.82) is 0 Å². The van der Waals surface area contributed by atoms with Crippen molar-refractivity contribution in [1.82, 2.24) is 25.0 Å². The molecule has 2 fully saturated rings. The Balaban J connectivity index is 1.36. The Kier molecular flexibility index (Phi) is 8.06. The quantitative estimate of drug-likeness (QED) is 0.655. The zero-order valence-electron chi connectivity index (χ0n) is 20.3. The van der Waals surface area contributed by atoms with Crippen molar-refractivity contribution < 1.29 is 4.79 Å². The molecule has 2 aromatic rings. The lowest BCUT2D eigenvalue weighted by molar-refractivity contribution is -0.122. The first-order valence-electron chi connectivity index (χ1n) is 12.2. The van der Waals surface area contributed by atoms with Gasteiger partial charge in [-0.2, -0.15) is 0 Å². The molecule has 1 amide bonds. The molecule has 0 unspecified atom stereocenters. The highest BCUT2D eigenvalue weighted by molar-refractivity contribution is 5.99. The van der Waals surface area contributed by atoms with E-state index in [2.05, 4.69) is 62.2 Å². The van der Waals surface area contributed by atoms with E-state index >= 15 is 0 Å². The van der Waals surface area contributed by atoms with Gasteiger partial charge in [0.2, 0.25) is 5.91 Å². The lowest BCUT2D eigenvalue weighted by atomic mass is 9.83. The van der Waals surface area contributed by atoms with Gasteiger partial charge in [-0.15, -0.1) is 0 Å². The second kappa shape index (κ2) is 11.2. The highest BCUT2D eigenvalue weighted by Crippen LogP contribution is 2.34. The molecule has 4 rings (SSSR count). The predicted octanol–water partition coefficient (Wildman–Crippen LogP) is 2.07. The number of nitrogens with zero attached hydrogens (tertiary/aromatic N) is 5. The summed E-state index contributed by atoms with van der Waals surface area (Å²) in [5.41, 5.74) is 3.39. The van der Waals surface area contributed by atoms with Gasteiger partial charge in [0, 0.05) is 82.8 Å². The lowest BCUT2D eigenvalue weighted by Gasteiger charge is -2.37. The molecule has 7 nitrogen and oxygen atoms in total. The predicted molar refractivity (Wildman–Crippen MR) is 135 cm³/mol. The van der Waals surface area contributed by atoms with E-state index < -0.39 is 0 Å². The number of carbonyl (C=O) groups excluding carboxylic acids is 1. The van der Waals surface area contributed by atoms with Gasteiger partial charge in [0.15, 0.2) is 0 Å². The molecule has 33 heavy (non-hydrogen) atoms. The molecule has 2 aliphatic heterocycles. The fourth-order valence-corrected chi connectivity index (χ4v) is 5.32. The highest BCUT2D eigenvalue weighted by atomic mass is 16.2. The van der Waals surface area contributed by atoms with Crippen molar-refractivity contribution in [2.24, 2.45) is 10.9 Å². The minimum absolute atomic E-state index is 0.137. The fourth-order valence-electron chi connectivity index (χ4n) is 5.32. The molecule has 7 heteroatoms. The van der Waals surface area contributed by atoms with Gasteiger partial charge in [-0.05, 0) is 36.9 Å². The van der Waals surface area contributed by atoms with Crippen molar-refractivity contribution in [3.05, 3.63) is 41.6 Å². The maximum Gasteiger partial charge on any atom is 0.234 e. The maximum atomic E-state index is 12.7. The number of rotatable bonds is 7.